The van der Waals surface area contributed by atoms with Crippen LogP contribution in [0.3, 0.4) is 0 Å². The molecule has 1 unspecified atom stereocenters. The molecule has 1 aromatic rings. The van der Waals surface area contributed by atoms with E-state index in [0.717, 1.165) is 5.69 Å². The van der Waals surface area contributed by atoms with Crippen LogP contribution in [0.25, 0.3) is 0 Å². The van der Waals surface area contributed by atoms with Gasteiger partial charge in [-0.2, -0.15) is 5.26 Å². The number of rotatable bonds is 2. The van der Waals surface area contributed by atoms with Gasteiger partial charge >= 0.3 is 0 Å². The maximum Gasteiger partial charge on any atom is 0.245 e. The minimum Gasteiger partial charge on any atom is -0.454 e. The van der Waals surface area contributed by atoms with Crippen LogP contribution >= 0.6 is 0 Å². The zero-order valence-electron chi connectivity index (χ0n) is 10.3. The Morgan fingerprint density at radius 3 is 3.11 bits per heavy atom. The first kappa shape index (κ1) is 11.8. The van der Waals surface area contributed by atoms with Crippen LogP contribution in [0.2, 0.25) is 0 Å². The third-order valence-corrected chi connectivity index (χ3v) is 3.25. The van der Waals surface area contributed by atoms with Crippen molar-refractivity contribution < 1.29 is 14.3 Å². The molecule has 1 N–H and O–H groups in total. The Balaban J connectivity index is 1.85. The second kappa shape index (κ2) is 4.78. The summed E-state index contributed by atoms with van der Waals surface area (Å²) in [6, 6.07) is 7.03. The third kappa shape index (κ3) is 2.09. The molecule has 2 aliphatic rings. The maximum absolute atomic E-state index is 12.3. The van der Waals surface area contributed by atoms with Gasteiger partial charge in [-0.05, 0) is 12.1 Å². The standard InChI is InChI=1S/C13H13N3O3/c14-4-3-10-13(17)16(6-5-15-10)9-1-2-11-12(7-9)19-8-18-11/h1-2,7,10,15H,3,5-6,8H2. The molecule has 1 aromatic carbocycles. The molecule has 0 aliphatic carbocycles. The Hall–Kier alpha value is -2.26. The number of hydrogen-bond acceptors (Lipinski definition) is 5. The number of nitrogens with one attached hydrogen (secondary N) is 1. The zero-order chi connectivity index (χ0) is 13.2. The Bertz CT molecular complexity index is 553. The summed E-state index contributed by atoms with van der Waals surface area (Å²) in [5, 5.41) is 11.8. The molecule has 0 aromatic heterocycles. The van der Waals surface area contributed by atoms with Gasteiger partial charge in [-0.3, -0.25) is 4.79 Å². The van der Waals surface area contributed by atoms with Crippen molar-refractivity contribution in [2.24, 2.45) is 0 Å². The molecule has 1 fully saturated rings. The summed E-state index contributed by atoms with van der Waals surface area (Å²) >= 11 is 0. The van der Waals surface area contributed by atoms with E-state index in [1.54, 1.807) is 17.0 Å². The molecule has 0 bridgehead atoms. The van der Waals surface area contributed by atoms with Crippen LogP contribution in [0.4, 0.5) is 5.69 Å². The fourth-order valence-electron chi connectivity index (χ4n) is 2.30. The highest BCUT2D eigenvalue weighted by molar-refractivity contribution is 5.98. The molecule has 0 saturated carbocycles. The molecule has 0 radical (unpaired) electrons. The fourth-order valence-corrected chi connectivity index (χ4v) is 2.30. The van der Waals surface area contributed by atoms with Crippen molar-refractivity contribution in [1.82, 2.24) is 5.32 Å². The molecular formula is C13H13N3O3. The lowest BCUT2D eigenvalue weighted by molar-refractivity contribution is -0.121. The summed E-state index contributed by atoms with van der Waals surface area (Å²) in [6.07, 6.45) is 0.180. The van der Waals surface area contributed by atoms with E-state index in [0.29, 0.717) is 24.6 Å². The quantitative estimate of drug-likeness (QED) is 0.843. The number of nitrogens with zero attached hydrogens (tertiary/aromatic N) is 2. The predicted octanol–water partition coefficient (Wildman–Crippen LogP) is 0.634. The number of benzene rings is 1. The Kier molecular flexibility index (Phi) is 2.97. The van der Waals surface area contributed by atoms with Crippen molar-refractivity contribution in [3.63, 3.8) is 0 Å². The molecule has 6 nitrogen and oxygen atoms in total. The van der Waals surface area contributed by atoms with Crippen molar-refractivity contribution in [2.75, 3.05) is 24.8 Å². The summed E-state index contributed by atoms with van der Waals surface area (Å²) in [4.78, 5) is 13.9. The summed E-state index contributed by atoms with van der Waals surface area (Å²) in [7, 11) is 0. The number of ether oxygens (including phenoxy) is 2. The van der Waals surface area contributed by atoms with Crippen LogP contribution in [0.1, 0.15) is 6.42 Å². The van der Waals surface area contributed by atoms with Gasteiger partial charge in [0, 0.05) is 24.8 Å². The van der Waals surface area contributed by atoms with Crippen molar-refractivity contribution in [3.8, 4) is 17.6 Å². The first-order chi connectivity index (χ1) is 9.29. The van der Waals surface area contributed by atoms with Crippen molar-refractivity contribution in [2.45, 2.75) is 12.5 Å². The fraction of sp³-hybridized carbons (Fsp3) is 0.385. The van der Waals surface area contributed by atoms with E-state index >= 15 is 0 Å². The molecule has 2 heterocycles. The Morgan fingerprint density at radius 1 is 1.42 bits per heavy atom. The molecule has 0 spiro atoms. The van der Waals surface area contributed by atoms with E-state index in [1.807, 2.05) is 12.1 Å². The minimum absolute atomic E-state index is 0.0772. The predicted molar refractivity (Wildman–Crippen MR) is 66.9 cm³/mol. The number of hydrogen-bond donors (Lipinski definition) is 1. The van der Waals surface area contributed by atoms with Crippen LogP contribution in [-0.2, 0) is 4.79 Å². The number of carbonyl (C=O) groups excluding carboxylic acids is 1. The highest BCUT2D eigenvalue weighted by atomic mass is 16.7. The first-order valence-electron chi connectivity index (χ1n) is 6.11. The second-order valence-corrected chi connectivity index (χ2v) is 4.40. The van der Waals surface area contributed by atoms with Gasteiger partial charge in [0.25, 0.3) is 0 Å². The van der Waals surface area contributed by atoms with Crippen LogP contribution in [0.15, 0.2) is 18.2 Å². The summed E-state index contributed by atoms with van der Waals surface area (Å²) in [5.41, 5.74) is 0.777. The van der Waals surface area contributed by atoms with Gasteiger partial charge < -0.3 is 19.7 Å². The molecule has 2 aliphatic heterocycles. The number of piperazine rings is 1. The van der Waals surface area contributed by atoms with Crippen LogP contribution < -0.4 is 19.7 Å². The molecule has 3 rings (SSSR count). The van der Waals surface area contributed by atoms with Crippen LogP contribution in [0.5, 0.6) is 11.5 Å². The van der Waals surface area contributed by atoms with Gasteiger partial charge in [0.05, 0.1) is 12.5 Å². The van der Waals surface area contributed by atoms with Crippen LogP contribution in [0, 0.1) is 11.3 Å². The molecule has 1 atom stereocenters. The molecular weight excluding hydrogens is 246 g/mol. The second-order valence-electron chi connectivity index (χ2n) is 4.40. The molecule has 1 saturated heterocycles. The smallest absolute Gasteiger partial charge is 0.245 e. The van der Waals surface area contributed by atoms with Gasteiger partial charge in [0.2, 0.25) is 12.7 Å². The van der Waals surface area contributed by atoms with Gasteiger partial charge in [0.15, 0.2) is 11.5 Å². The highest BCUT2D eigenvalue weighted by Gasteiger charge is 2.29. The van der Waals surface area contributed by atoms with E-state index in [9.17, 15) is 4.79 Å². The van der Waals surface area contributed by atoms with Crippen molar-refractivity contribution in [3.05, 3.63) is 18.2 Å². The number of anilines is 1. The van der Waals surface area contributed by atoms with E-state index in [4.69, 9.17) is 14.7 Å². The van der Waals surface area contributed by atoms with Gasteiger partial charge in [-0.15, -0.1) is 0 Å². The minimum atomic E-state index is -0.427. The topological polar surface area (TPSA) is 74.6 Å². The number of amides is 1. The van der Waals surface area contributed by atoms with Gasteiger partial charge in [-0.25, -0.2) is 0 Å². The Morgan fingerprint density at radius 2 is 2.26 bits per heavy atom. The summed E-state index contributed by atoms with van der Waals surface area (Å²) in [6.45, 7) is 1.47. The van der Waals surface area contributed by atoms with E-state index in [1.165, 1.54) is 0 Å². The van der Waals surface area contributed by atoms with Crippen molar-refractivity contribution >= 4 is 11.6 Å². The summed E-state index contributed by atoms with van der Waals surface area (Å²) < 4.78 is 10.6. The number of fused-ring (bicyclic) bond motifs is 1. The first-order valence-corrected chi connectivity index (χ1v) is 6.11. The average Bonchev–Trinajstić information content (AvgIpc) is 2.88. The summed E-state index contributed by atoms with van der Waals surface area (Å²) in [5.74, 6) is 1.27. The van der Waals surface area contributed by atoms with Gasteiger partial charge in [-0.1, -0.05) is 0 Å². The van der Waals surface area contributed by atoms with E-state index < -0.39 is 6.04 Å². The average molecular weight is 259 g/mol. The Labute approximate surface area is 110 Å². The lowest BCUT2D eigenvalue weighted by Gasteiger charge is -2.32. The maximum atomic E-state index is 12.3. The van der Waals surface area contributed by atoms with E-state index in [-0.39, 0.29) is 19.1 Å². The SMILES string of the molecule is N#CCC1NCCN(c2ccc3c(c2)OCO3)C1=O. The van der Waals surface area contributed by atoms with Crippen LogP contribution in [-0.4, -0.2) is 31.8 Å². The molecule has 6 heteroatoms. The number of carbonyl (C=O) groups is 1. The van der Waals surface area contributed by atoms with Crippen molar-refractivity contribution in [1.29, 1.82) is 5.26 Å². The van der Waals surface area contributed by atoms with Gasteiger partial charge in [0.1, 0.15) is 6.04 Å². The van der Waals surface area contributed by atoms with E-state index in [2.05, 4.69) is 5.32 Å². The third-order valence-electron chi connectivity index (χ3n) is 3.25. The molecule has 1 amide bonds. The molecule has 19 heavy (non-hydrogen) atoms. The zero-order valence-corrected chi connectivity index (χ0v) is 10.3. The monoisotopic (exact) mass is 259 g/mol. The highest BCUT2D eigenvalue weighted by Crippen LogP contribution is 2.35. The lowest BCUT2D eigenvalue weighted by Crippen LogP contribution is -2.55. The lowest BCUT2D eigenvalue weighted by atomic mass is 10.1. The largest absolute Gasteiger partial charge is 0.454 e. The molecule has 98 valence electrons. The number of nitriles is 1. The normalized spacial score (nSPS) is 21.3.